The van der Waals surface area contributed by atoms with Crippen molar-refractivity contribution < 1.29 is 13.6 Å². The first-order chi connectivity index (χ1) is 9.50. The van der Waals surface area contributed by atoms with Gasteiger partial charge in [-0.25, -0.2) is 8.78 Å². The summed E-state index contributed by atoms with van der Waals surface area (Å²) in [6.07, 6.45) is 4.76. The van der Waals surface area contributed by atoms with Crippen LogP contribution >= 0.6 is 0 Å². The molecule has 1 fully saturated rings. The lowest BCUT2D eigenvalue weighted by atomic mass is 9.82. The maximum Gasteiger partial charge on any atom is 0.224 e. The van der Waals surface area contributed by atoms with Crippen molar-refractivity contribution >= 4 is 5.91 Å². The number of halogens is 2. The molecule has 0 atom stereocenters. The topological polar surface area (TPSA) is 55.1 Å². The minimum Gasteiger partial charge on any atom is -0.354 e. The molecule has 1 amide bonds. The molecule has 5 heteroatoms. The van der Waals surface area contributed by atoms with Gasteiger partial charge in [-0.15, -0.1) is 0 Å². The lowest BCUT2D eigenvalue weighted by Gasteiger charge is -2.33. The van der Waals surface area contributed by atoms with Crippen molar-refractivity contribution in [3.05, 3.63) is 35.4 Å². The average molecular weight is 282 g/mol. The second-order valence-electron chi connectivity index (χ2n) is 5.58. The van der Waals surface area contributed by atoms with E-state index in [0.717, 1.165) is 37.8 Å². The molecule has 0 spiro atoms. The Bertz CT molecular complexity index is 465. The number of nitrogens with one attached hydrogen (secondary N) is 1. The molecule has 0 unspecified atom stereocenters. The van der Waals surface area contributed by atoms with Crippen molar-refractivity contribution in [3.63, 3.8) is 0 Å². The molecule has 3 nitrogen and oxygen atoms in total. The summed E-state index contributed by atoms with van der Waals surface area (Å²) in [4.78, 5) is 11.8. The minimum absolute atomic E-state index is 0.195. The predicted octanol–water partition coefficient (Wildman–Crippen LogP) is 2.29. The minimum atomic E-state index is -0.694. The van der Waals surface area contributed by atoms with Crippen LogP contribution in [0.1, 0.15) is 37.7 Å². The quantitative estimate of drug-likeness (QED) is 0.890. The molecule has 0 aliphatic heterocycles. The molecule has 2 rings (SSSR count). The van der Waals surface area contributed by atoms with Crippen LogP contribution in [0, 0.1) is 11.6 Å². The van der Waals surface area contributed by atoms with Gasteiger partial charge >= 0.3 is 0 Å². The Balaban J connectivity index is 1.89. The first-order valence-corrected chi connectivity index (χ1v) is 6.99. The largest absolute Gasteiger partial charge is 0.354 e. The fourth-order valence-electron chi connectivity index (χ4n) is 2.63. The lowest BCUT2D eigenvalue weighted by molar-refractivity contribution is -0.120. The first kappa shape index (κ1) is 14.9. The van der Waals surface area contributed by atoms with Crippen LogP contribution in [-0.2, 0) is 11.2 Å². The summed E-state index contributed by atoms with van der Waals surface area (Å²) in [7, 11) is 0. The van der Waals surface area contributed by atoms with E-state index in [1.54, 1.807) is 0 Å². The molecule has 20 heavy (non-hydrogen) atoms. The second kappa shape index (κ2) is 6.31. The second-order valence-corrected chi connectivity index (χ2v) is 5.58. The molecule has 0 heterocycles. The van der Waals surface area contributed by atoms with Crippen molar-refractivity contribution in [2.45, 2.75) is 44.1 Å². The van der Waals surface area contributed by atoms with E-state index in [4.69, 9.17) is 5.73 Å². The molecular formula is C15H20F2N2O. The summed E-state index contributed by atoms with van der Waals surface area (Å²) in [6, 6.07) is 3.58. The van der Waals surface area contributed by atoms with Gasteiger partial charge in [-0.05, 0) is 25.0 Å². The Labute approximate surface area is 117 Å². The molecule has 1 aliphatic rings. The van der Waals surface area contributed by atoms with Gasteiger partial charge in [0.25, 0.3) is 0 Å². The molecule has 1 aliphatic carbocycles. The molecular weight excluding hydrogens is 262 g/mol. The number of rotatable bonds is 4. The number of benzene rings is 1. The number of carbonyl (C=O) groups is 1. The van der Waals surface area contributed by atoms with E-state index in [1.165, 1.54) is 12.5 Å². The third-order valence-corrected chi connectivity index (χ3v) is 3.89. The van der Waals surface area contributed by atoms with E-state index in [0.29, 0.717) is 6.54 Å². The van der Waals surface area contributed by atoms with Crippen LogP contribution in [0.15, 0.2) is 18.2 Å². The van der Waals surface area contributed by atoms with Gasteiger partial charge < -0.3 is 11.1 Å². The summed E-state index contributed by atoms with van der Waals surface area (Å²) in [5, 5.41) is 2.70. The standard InChI is InChI=1S/C15H20F2N2O/c16-12-5-4-6-13(17)11(12)9-14(20)19-10-15(18)7-2-1-3-8-15/h4-6H,1-3,7-10,18H2,(H,19,20). The number of hydrogen-bond acceptors (Lipinski definition) is 2. The average Bonchev–Trinajstić information content (AvgIpc) is 2.42. The lowest BCUT2D eigenvalue weighted by Crippen LogP contribution is -2.51. The van der Waals surface area contributed by atoms with E-state index >= 15 is 0 Å². The van der Waals surface area contributed by atoms with Gasteiger partial charge in [0.1, 0.15) is 11.6 Å². The Morgan fingerprint density at radius 3 is 2.40 bits per heavy atom. The zero-order valence-corrected chi connectivity index (χ0v) is 11.4. The predicted molar refractivity (Wildman–Crippen MR) is 73.1 cm³/mol. The molecule has 0 radical (unpaired) electrons. The van der Waals surface area contributed by atoms with E-state index in [2.05, 4.69) is 5.32 Å². The summed E-state index contributed by atoms with van der Waals surface area (Å²) in [5.41, 5.74) is 5.63. The maximum absolute atomic E-state index is 13.4. The van der Waals surface area contributed by atoms with Gasteiger partial charge in [-0.2, -0.15) is 0 Å². The smallest absolute Gasteiger partial charge is 0.224 e. The van der Waals surface area contributed by atoms with Crippen molar-refractivity contribution in [1.82, 2.24) is 5.32 Å². The Kier molecular flexibility index (Phi) is 4.70. The summed E-state index contributed by atoms with van der Waals surface area (Å²) in [6.45, 7) is 0.363. The monoisotopic (exact) mass is 282 g/mol. The number of amides is 1. The van der Waals surface area contributed by atoms with Crippen molar-refractivity contribution in [1.29, 1.82) is 0 Å². The van der Waals surface area contributed by atoms with Crippen molar-refractivity contribution in [2.24, 2.45) is 5.73 Å². The van der Waals surface area contributed by atoms with Gasteiger partial charge in [-0.1, -0.05) is 25.3 Å². The van der Waals surface area contributed by atoms with Crippen LogP contribution in [0.5, 0.6) is 0 Å². The Morgan fingerprint density at radius 1 is 1.20 bits per heavy atom. The fourth-order valence-corrected chi connectivity index (χ4v) is 2.63. The molecule has 110 valence electrons. The van der Waals surface area contributed by atoms with Gasteiger partial charge in [0.15, 0.2) is 0 Å². The SMILES string of the molecule is NC1(CNC(=O)Cc2c(F)cccc2F)CCCCC1. The van der Waals surface area contributed by atoms with E-state index in [1.807, 2.05) is 0 Å². The zero-order chi connectivity index (χ0) is 14.6. The third kappa shape index (κ3) is 3.76. The van der Waals surface area contributed by atoms with Crippen LogP contribution in [0.25, 0.3) is 0 Å². The van der Waals surface area contributed by atoms with Crippen LogP contribution in [0.2, 0.25) is 0 Å². The Morgan fingerprint density at radius 2 is 1.80 bits per heavy atom. The van der Waals surface area contributed by atoms with Crippen LogP contribution in [0.3, 0.4) is 0 Å². The van der Waals surface area contributed by atoms with Gasteiger partial charge in [0.05, 0.1) is 6.42 Å². The highest BCUT2D eigenvalue weighted by Crippen LogP contribution is 2.25. The highest BCUT2D eigenvalue weighted by Gasteiger charge is 2.27. The van der Waals surface area contributed by atoms with E-state index in [-0.39, 0.29) is 17.5 Å². The molecule has 1 saturated carbocycles. The van der Waals surface area contributed by atoms with Gasteiger partial charge in [0.2, 0.25) is 5.91 Å². The molecule has 1 aromatic carbocycles. The van der Waals surface area contributed by atoms with E-state index in [9.17, 15) is 13.6 Å². The van der Waals surface area contributed by atoms with Crippen LogP contribution < -0.4 is 11.1 Å². The van der Waals surface area contributed by atoms with Crippen molar-refractivity contribution in [3.8, 4) is 0 Å². The number of nitrogens with two attached hydrogens (primary N) is 1. The Hall–Kier alpha value is -1.49. The van der Waals surface area contributed by atoms with Gasteiger partial charge in [0, 0.05) is 17.6 Å². The molecule has 0 aromatic heterocycles. The van der Waals surface area contributed by atoms with Crippen molar-refractivity contribution in [2.75, 3.05) is 6.54 Å². The molecule has 0 bridgehead atoms. The normalized spacial score (nSPS) is 17.8. The zero-order valence-electron chi connectivity index (χ0n) is 11.4. The summed E-state index contributed by atoms with van der Waals surface area (Å²) < 4.78 is 26.9. The molecule has 0 saturated heterocycles. The highest BCUT2D eigenvalue weighted by atomic mass is 19.1. The number of carbonyl (C=O) groups excluding carboxylic acids is 1. The maximum atomic E-state index is 13.4. The summed E-state index contributed by atoms with van der Waals surface area (Å²) >= 11 is 0. The molecule has 1 aromatic rings. The fraction of sp³-hybridized carbons (Fsp3) is 0.533. The summed E-state index contributed by atoms with van der Waals surface area (Å²) in [5.74, 6) is -1.79. The van der Waals surface area contributed by atoms with Crippen LogP contribution in [-0.4, -0.2) is 18.0 Å². The van der Waals surface area contributed by atoms with Gasteiger partial charge in [-0.3, -0.25) is 4.79 Å². The molecule has 3 N–H and O–H groups in total. The highest BCUT2D eigenvalue weighted by molar-refractivity contribution is 5.78. The number of hydrogen-bond donors (Lipinski definition) is 2. The van der Waals surface area contributed by atoms with E-state index < -0.39 is 17.5 Å². The first-order valence-electron chi connectivity index (χ1n) is 6.99. The van der Waals surface area contributed by atoms with Crippen LogP contribution in [0.4, 0.5) is 8.78 Å². The third-order valence-electron chi connectivity index (χ3n) is 3.89.